The minimum absolute atomic E-state index is 0.0704. The predicted molar refractivity (Wildman–Crippen MR) is 91.0 cm³/mol. The standard InChI is InChI=1S/C18H30N2O/c1-8-11-19-15-9-10-16(13(2)12-15)17(21)20(7)14(3)18(4,5)6/h9-10,12,14,19H,8,11H2,1-7H3. The highest BCUT2D eigenvalue weighted by atomic mass is 16.2. The van der Waals surface area contributed by atoms with E-state index in [1.165, 1.54) is 0 Å². The maximum absolute atomic E-state index is 12.7. The fraction of sp³-hybridized carbons (Fsp3) is 0.611. The molecule has 0 radical (unpaired) electrons. The van der Waals surface area contributed by atoms with Crippen molar-refractivity contribution in [2.45, 2.75) is 54.0 Å². The van der Waals surface area contributed by atoms with E-state index < -0.39 is 0 Å². The van der Waals surface area contributed by atoms with Crippen molar-refractivity contribution in [2.24, 2.45) is 5.41 Å². The second-order valence-electron chi connectivity index (χ2n) is 6.91. The Bertz CT molecular complexity index is 488. The van der Waals surface area contributed by atoms with Crippen molar-refractivity contribution in [2.75, 3.05) is 18.9 Å². The first-order valence-electron chi connectivity index (χ1n) is 7.80. The van der Waals surface area contributed by atoms with E-state index in [0.29, 0.717) is 0 Å². The molecule has 118 valence electrons. The number of benzene rings is 1. The second-order valence-corrected chi connectivity index (χ2v) is 6.91. The van der Waals surface area contributed by atoms with E-state index in [1.54, 1.807) is 0 Å². The Balaban J connectivity index is 2.92. The molecule has 1 amide bonds. The quantitative estimate of drug-likeness (QED) is 0.875. The summed E-state index contributed by atoms with van der Waals surface area (Å²) in [6.07, 6.45) is 1.09. The Hall–Kier alpha value is -1.51. The fourth-order valence-corrected chi connectivity index (χ4v) is 2.23. The molecule has 1 aromatic carbocycles. The molecule has 3 heteroatoms. The smallest absolute Gasteiger partial charge is 0.254 e. The maximum atomic E-state index is 12.7. The van der Waals surface area contributed by atoms with Gasteiger partial charge in [0, 0.05) is 30.9 Å². The van der Waals surface area contributed by atoms with Crippen LogP contribution in [0.5, 0.6) is 0 Å². The van der Waals surface area contributed by atoms with Gasteiger partial charge in [-0.3, -0.25) is 4.79 Å². The summed E-state index contributed by atoms with van der Waals surface area (Å²) in [5.74, 6) is 0.0944. The van der Waals surface area contributed by atoms with Crippen LogP contribution in [0.25, 0.3) is 0 Å². The highest BCUT2D eigenvalue weighted by Gasteiger charge is 2.28. The number of amides is 1. The number of rotatable bonds is 5. The maximum Gasteiger partial charge on any atom is 0.254 e. The van der Waals surface area contributed by atoms with Crippen molar-refractivity contribution in [3.05, 3.63) is 29.3 Å². The molecular weight excluding hydrogens is 260 g/mol. The number of nitrogens with zero attached hydrogens (tertiary/aromatic N) is 1. The molecule has 0 fully saturated rings. The van der Waals surface area contributed by atoms with Crippen LogP contribution in [0.2, 0.25) is 0 Å². The molecular formula is C18H30N2O. The molecule has 0 saturated heterocycles. The number of carbonyl (C=O) groups excluding carboxylic acids is 1. The summed E-state index contributed by atoms with van der Waals surface area (Å²) in [5.41, 5.74) is 2.96. The number of aryl methyl sites for hydroxylation is 1. The van der Waals surface area contributed by atoms with Gasteiger partial charge in [0.25, 0.3) is 5.91 Å². The Morgan fingerprint density at radius 3 is 2.43 bits per heavy atom. The monoisotopic (exact) mass is 290 g/mol. The van der Waals surface area contributed by atoms with Gasteiger partial charge in [-0.25, -0.2) is 0 Å². The first kappa shape index (κ1) is 17.5. The summed E-state index contributed by atoms with van der Waals surface area (Å²) in [6.45, 7) is 13.7. The normalized spacial score (nSPS) is 12.9. The highest BCUT2D eigenvalue weighted by molar-refractivity contribution is 5.96. The molecule has 0 spiro atoms. The zero-order valence-corrected chi connectivity index (χ0v) is 14.6. The van der Waals surface area contributed by atoms with Crippen molar-refractivity contribution < 1.29 is 4.79 Å². The third kappa shape index (κ3) is 4.48. The molecule has 1 atom stereocenters. The summed E-state index contributed by atoms with van der Waals surface area (Å²) in [4.78, 5) is 14.5. The van der Waals surface area contributed by atoms with Crippen molar-refractivity contribution in [3.63, 3.8) is 0 Å². The summed E-state index contributed by atoms with van der Waals surface area (Å²) in [6, 6.07) is 6.16. The SMILES string of the molecule is CCCNc1ccc(C(=O)N(C)C(C)C(C)(C)C)c(C)c1. The first-order chi connectivity index (χ1) is 9.68. The van der Waals surface area contributed by atoms with E-state index in [9.17, 15) is 4.79 Å². The van der Waals surface area contributed by atoms with Gasteiger partial charge in [-0.15, -0.1) is 0 Å². The van der Waals surface area contributed by atoms with Crippen LogP contribution in [0.15, 0.2) is 18.2 Å². The van der Waals surface area contributed by atoms with Crippen molar-refractivity contribution in [1.82, 2.24) is 4.90 Å². The molecule has 1 N–H and O–H groups in total. The van der Waals surface area contributed by atoms with E-state index in [0.717, 1.165) is 29.8 Å². The van der Waals surface area contributed by atoms with Gasteiger partial charge in [-0.2, -0.15) is 0 Å². The lowest BCUT2D eigenvalue weighted by Gasteiger charge is -2.35. The highest BCUT2D eigenvalue weighted by Crippen LogP contribution is 2.25. The van der Waals surface area contributed by atoms with Crippen LogP contribution in [0.3, 0.4) is 0 Å². The molecule has 0 aromatic heterocycles. The zero-order chi connectivity index (χ0) is 16.2. The largest absolute Gasteiger partial charge is 0.385 e. The van der Waals surface area contributed by atoms with E-state index in [1.807, 2.05) is 31.0 Å². The summed E-state index contributed by atoms with van der Waals surface area (Å²) >= 11 is 0. The minimum atomic E-state index is 0.0704. The van der Waals surface area contributed by atoms with Crippen LogP contribution in [0.1, 0.15) is 57.0 Å². The van der Waals surface area contributed by atoms with E-state index in [-0.39, 0.29) is 17.4 Å². The van der Waals surface area contributed by atoms with Gasteiger partial charge in [-0.1, -0.05) is 27.7 Å². The van der Waals surface area contributed by atoms with Crippen LogP contribution in [-0.4, -0.2) is 30.4 Å². The van der Waals surface area contributed by atoms with Gasteiger partial charge in [0.15, 0.2) is 0 Å². The van der Waals surface area contributed by atoms with E-state index >= 15 is 0 Å². The Morgan fingerprint density at radius 2 is 1.95 bits per heavy atom. The molecule has 0 heterocycles. The third-order valence-electron chi connectivity index (χ3n) is 4.19. The summed E-state index contributed by atoms with van der Waals surface area (Å²) < 4.78 is 0. The molecule has 21 heavy (non-hydrogen) atoms. The van der Waals surface area contributed by atoms with Gasteiger partial charge in [0.05, 0.1) is 0 Å². The number of hydrogen-bond acceptors (Lipinski definition) is 2. The van der Waals surface area contributed by atoms with Crippen molar-refractivity contribution >= 4 is 11.6 Å². The average molecular weight is 290 g/mol. The minimum Gasteiger partial charge on any atom is -0.385 e. The van der Waals surface area contributed by atoms with E-state index in [4.69, 9.17) is 0 Å². The number of anilines is 1. The van der Waals surface area contributed by atoms with Crippen LogP contribution in [0, 0.1) is 12.3 Å². The Labute approximate surface area is 129 Å². The zero-order valence-electron chi connectivity index (χ0n) is 14.6. The van der Waals surface area contributed by atoms with Crippen LogP contribution < -0.4 is 5.32 Å². The van der Waals surface area contributed by atoms with E-state index in [2.05, 4.69) is 46.0 Å². The molecule has 1 aromatic rings. The molecule has 1 unspecified atom stereocenters. The molecule has 1 rings (SSSR count). The summed E-state index contributed by atoms with van der Waals surface area (Å²) in [5, 5.41) is 3.35. The van der Waals surface area contributed by atoms with Gasteiger partial charge in [0.2, 0.25) is 0 Å². The second kappa shape index (κ2) is 6.97. The van der Waals surface area contributed by atoms with Crippen LogP contribution in [-0.2, 0) is 0 Å². The van der Waals surface area contributed by atoms with Gasteiger partial charge < -0.3 is 10.2 Å². The molecule has 0 bridgehead atoms. The van der Waals surface area contributed by atoms with Crippen LogP contribution >= 0.6 is 0 Å². The molecule has 0 saturated carbocycles. The third-order valence-corrected chi connectivity index (χ3v) is 4.19. The van der Waals surface area contributed by atoms with Gasteiger partial charge in [0.1, 0.15) is 0 Å². The van der Waals surface area contributed by atoms with Crippen molar-refractivity contribution in [3.8, 4) is 0 Å². The first-order valence-corrected chi connectivity index (χ1v) is 7.80. The lowest BCUT2D eigenvalue weighted by Crippen LogP contribution is -2.43. The average Bonchev–Trinajstić information content (AvgIpc) is 2.41. The lowest BCUT2D eigenvalue weighted by atomic mass is 9.87. The Kier molecular flexibility index (Phi) is 5.82. The summed E-state index contributed by atoms with van der Waals surface area (Å²) in [7, 11) is 1.89. The molecule has 0 aliphatic rings. The topological polar surface area (TPSA) is 32.3 Å². The van der Waals surface area contributed by atoms with Crippen molar-refractivity contribution in [1.29, 1.82) is 0 Å². The number of nitrogens with one attached hydrogen (secondary N) is 1. The molecule has 3 nitrogen and oxygen atoms in total. The Morgan fingerprint density at radius 1 is 1.33 bits per heavy atom. The predicted octanol–water partition coefficient (Wildman–Crippen LogP) is 4.32. The molecule has 0 aliphatic heterocycles. The van der Waals surface area contributed by atoms with Gasteiger partial charge >= 0.3 is 0 Å². The van der Waals surface area contributed by atoms with Gasteiger partial charge in [-0.05, 0) is 49.4 Å². The molecule has 0 aliphatic carbocycles. The van der Waals surface area contributed by atoms with Crippen LogP contribution in [0.4, 0.5) is 5.69 Å². The number of carbonyl (C=O) groups is 1. The lowest BCUT2D eigenvalue weighted by molar-refractivity contribution is 0.0628. The number of hydrogen-bond donors (Lipinski definition) is 1. The fourth-order valence-electron chi connectivity index (χ4n) is 2.23.